The van der Waals surface area contributed by atoms with Gasteiger partial charge in [-0.2, -0.15) is 0 Å². The molecule has 1 heteroatoms. The van der Waals surface area contributed by atoms with Crippen molar-refractivity contribution in [3.05, 3.63) is 54.1 Å². The van der Waals surface area contributed by atoms with Crippen LogP contribution in [0.15, 0.2) is 48.5 Å². The van der Waals surface area contributed by atoms with Gasteiger partial charge in [0, 0.05) is 11.1 Å². The van der Waals surface area contributed by atoms with Gasteiger partial charge < -0.3 is 5.73 Å². The van der Waals surface area contributed by atoms with Crippen LogP contribution in [0.3, 0.4) is 0 Å². The summed E-state index contributed by atoms with van der Waals surface area (Å²) in [4.78, 5) is 0. The first-order chi connectivity index (χ1) is 8.75. The summed E-state index contributed by atoms with van der Waals surface area (Å²) >= 11 is 0. The van der Waals surface area contributed by atoms with Gasteiger partial charge in [0.15, 0.2) is 0 Å². The second-order valence-electron chi connectivity index (χ2n) is 4.96. The number of benzene rings is 4. The van der Waals surface area contributed by atoms with Crippen LogP contribution >= 0.6 is 0 Å². The van der Waals surface area contributed by atoms with E-state index in [9.17, 15) is 0 Å². The fraction of sp³-hybridized carbons (Fsp3) is 0.0588. The third-order valence-corrected chi connectivity index (χ3v) is 3.92. The maximum Gasteiger partial charge on any atom is 0.0394 e. The molecule has 0 aliphatic rings. The third kappa shape index (κ3) is 1.06. The van der Waals surface area contributed by atoms with Crippen LogP contribution < -0.4 is 5.73 Å². The summed E-state index contributed by atoms with van der Waals surface area (Å²) in [7, 11) is 0. The van der Waals surface area contributed by atoms with Crippen LogP contribution in [-0.4, -0.2) is 0 Å². The zero-order valence-corrected chi connectivity index (χ0v) is 10.2. The molecule has 0 aliphatic heterocycles. The zero-order valence-electron chi connectivity index (χ0n) is 10.2. The fourth-order valence-corrected chi connectivity index (χ4v) is 2.97. The van der Waals surface area contributed by atoms with Gasteiger partial charge in [-0.1, -0.05) is 42.5 Å². The average molecular weight is 231 g/mol. The number of anilines is 1. The van der Waals surface area contributed by atoms with Crippen LogP contribution in [0.25, 0.3) is 32.3 Å². The molecule has 18 heavy (non-hydrogen) atoms. The molecule has 0 aromatic heterocycles. The zero-order chi connectivity index (χ0) is 12.3. The summed E-state index contributed by atoms with van der Waals surface area (Å²) in [5.41, 5.74) is 8.28. The SMILES string of the molecule is Cc1ccc2ccc3c(N)ccc4ccc1c2c43. The molecule has 0 unspecified atom stereocenters. The summed E-state index contributed by atoms with van der Waals surface area (Å²) in [5, 5.41) is 7.70. The van der Waals surface area contributed by atoms with Crippen molar-refractivity contribution in [1.82, 2.24) is 0 Å². The first-order valence-corrected chi connectivity index (χ1v) is 6.18. The van der Waals surface area contributed by atoms with Gasteiger partial charge in [-0.3, -0.25) is 0 Å². The molecular formula is C17H13N. The standard InChI is InChI=1S/C17H13N/c1-10-2-3-11-5-8-14-15(18)9-6-12-4-7-13(10)16(11)17(12)14/h2-9H,18H2,1H3. The molecule has 0 saturated carbocycles. The topological polar surface area (TPSA) is 26.0 Å². The van der Waals surface area contributed by atoms with E-state index in [2.05, 4.69) is 49.4 Å². The Morgan fingerprint density at radius 2 is 1.22 bits per heavy atom. The predicted octanol–water partition coefficient (Wildman–Crippen LogP) is 4.47. The average Bonchev–Trinajstić information content (AvgIpc) is 2.40. The van der Waals surface area contributed by atoms with Gasteiger partial charge >= 0.3 is 0 Å². The van der Waals surface area contributed by atoms with Crippen molar-refractivity contribution in [2.24, 2.45) is 0 Å². The molecule has 2 N–H and O–H groups in total. The number of nitrogen functional groups attached to an aromatic ring is 1. The molecule has 0 bridgehead atoms. The van der Waals surface area contributed by atoms with E-state index in [0.29, 0.717) is 0 Å². The highest BCUT2D eigenvalue weighted by Crippen LogP contribution is 2.37. The monoisotopic (exact) mass is 231 g/mol. The number of rotatable bonds is 0. The van der Waals surface area contributed by atoms with Gasteiger partial charge in [0.1, 0.15) is 0 Å². The van der Waals surface area contributed by atoms with Crippen molar-refractivity contribution < 1.29 is 0 Å². The summed E-state index contributed by atoms with van der Waals surface area (Å²) in [6, 6.07) is 17.2. The fourth-order valence-electron chi connectivity index (χ4n) is 2.97. The van der Waals surface area contributed by atoms with Crippen LogP contribution in [0.1, 0.15) is 5.56 Å². The van der Waals surface area contributed by atoms with Crippen LogP contribution in [0.5, 0.6) is 0 Å². The Kier molecular flexibility index (Phi) is 1.69. The minimum absolute atomic E-state index is 0.860. The van der Waals surface area contributed by atoms with Gasteiger partial charge in [-0.05, 0) is 45.5 Å². The van der Waals surface area contributed by atoms with E-state index in [-0.39, 0.29) is 0 Å². The van der Waals surface area contributed by atoms with Gasteiger partial charge in [0.25, 0.3) is 0 Å². The minimum Gasteiger partial charge on any atom is -0.398 e. The van der Waals surface area contributed by atoms with Gasteiger partial charge in [-0.15, -0.1) is 0 Å². The number of nitrogens with two attached hydrogens (primary N) is 1. The Morgan fingerprint density at radius 3 is 2.00 bits per heavy atom. The first kappa shape index (κ1) is 9.72. The number of aryl methyl sites for hydroxylation is 1. The van der Waals surface area contributed by atoms with E-state index in [1.54, 1.807) is 0 Å². The van der Waals surface area contributed by atoms with Gasteiger partial charge in [0.2, 0.25) is 0 Å². The molecule has 0 atom stereocenters. The Bertz CT molecular complexity index is 814. The maximum atomic E-state index is 6.10. The lowest BCUT2D eigenvalue weighted by molar-refractivity contribution is 1.55. The molecule has 1 nitrogen and oxygen atoms in total. The summed E-state index contributed by atoms with van der Waals surface area (Å²) < 4.78 is 0. The van der Waals surface area contributed by atoms with Crippen molar-refractivity contribution in [3.63, 3.8) is 0 Å². The van der Waals surface area contributed by atoms with E-state index < -0.39 is 0 Å². The molecular weight excluding hydrogens is 218 g/mol. The largest absolute Gasteiger partial charge is 0.398 e. The molecule has 4 aromatic rings. The molecule has 0 radical (unpaired) electrons. The highest BCUT2D eigenvalue weighted by molar-refractivity contribution is 6.25. The van der Waals surface area contributed by atoms with Crippen molar-refractivity contribution in [2.75, 3.05) is 5.73 Å². The molecule has 0 spiro atoms. The van der Waals surface area contributed by atoms with E-state index in [1.165, 1.54) is 32.5 Å². The lowest BCUT2D eigenvalue weighted by atomic mass is 9.92. The molecule has 0 saturated heterocycles. The van der Waals surface area contributed by atoms with E-state index in [0.717, 1.165) is 11.1 Å². The van der Waals surface area contributed by atoms with Crippen LogP contribution in [0.2, 0.25) is 0 Å². The van der Waals surface area contributed by atoms with E-state index >= 15 is 0 Å². The van der Waals surface area contributed by atoms with Gasteiger partial charge in [-0.25, -0.2) is 0 Å². The molecule has 0 fully saturated rings. The summed E-state index contributed by atoms with van der Waals surface area (Å²) in [5.74, 6) is 0. The second kappa shape index (κ2) is 3.14. The Balaban J connectivity index is 2.47. The van der Waals surface area contributed by atoms with Crippen LogP contribution in [0.4, 0.5) is 5.69 Å². The third-order valence-electron chi connectivity index (χ3n) is 3.92. The Hall–Kier alpha value is -2.28. The molecule has 4 aromatic carbocycles. The summed E-state index contributed by atoms with van der Waals surface area (Å²) in [6.45, 7) is 2.16. The predicted molar refractivity (Wildman–Crippen MR) is 79.3 cm³/mol. The molecule has 0 amide bonds. The molecule has 0 aliphatic carbocycles. The summed E-state index contributed by atoms with van der Waals surface area (Å²) in [6.07, 6.45) is 0. The quantitative estimate of drug-likeness (QED) is 0.350. The molecule has 86 valence electrons. The molecule has 4 rings (SSSR count). The maximum absolute atomic E-state index is 6.10. The van der Waals surface area contributed by atoms with E-state index in [1.807, 2.05) is 6.07 Å². The Labute approximate surface area is 105 Å². The lowest BCUT2D eigenvalue weighted by Crippen LogP contribution is -1.90. The first-order valence-electron chi connectivity index (χ1n) is 6.18. The smallest absolute Gasteiger partial charge is 0.0394 e. The second-order valence-corrected chi connectivity index (χ2v) is 4.96. The number of hydrogen-bond acceptors (Lipinski definition) is 1. The van der Waals surface area contributed by atoms with Crippen LogP contribution in [0, 0.1) is 6.92 Å². The highest BCUT2D eigenvalue weighted by atomic mass is 14.5. The molecule has 0 heterocycles. The highest BCUT2D eigenvalue weighted by Gasteiger charge is 2.10. The normalized spacial score (nSPS) is 11.8. The number of hydrogen-bond donors (Lipinski definition) is 1. The van der Waals surface area contributed by atoms with Crippen molar-refractivity contribution in [3.8, 4) is 0 Å². The lowest BCUT2D eigenvalue weighted by Gasteiger charge is -2.13. The minimum atomic E-state index is 0.860. The van der Waals surface area contributed by atoms with Crippen molar-refractivity contribution >= 4 is 38.0 Å². The Morgan fingerprint density at radius 1 is 0.667 bits per heavy atom. The van der Waals surface area contributed by atoms with Crippen molar-refractivity contribution in [2.45, 2.75) is 6.92 Å². The van der Waals surface area contributed by atoms with Gasteiger partial charge in [0.05, 0.1) is 0 Å². The van der Waals surface area contributed by atoms with Crippen LogP contribution in [-0.2, 0) is 0 Å². The van der Waals surface area contributed by atoms with E-state index in [4.69, 9.17) is 5.73 Å². The van der Waals surface area contributed by atoms with Crippen molar-refractivity contribution in [1.29, 1.82) is 0 Å².